The highest BCUT2D eigenvalue weighted by Gasteiger charge is 1.88. The molecule has 0 aliphatic carbocycles. The van der Waals surface area contributed by atoms with Gasteiger partial charge in [-0.2, -0.15) is 5.10 Å². The standard InChI is InChI=1S/C8H13N2/c1-2-3-4-7-10-8-5-6-9-10/h5,8H,2-4,7H2,1H3. The second-order valence-electron chi connectivity index (χ2n) is 2.42. The molecule has 0 saturated heterocycles. The van der Waals surface area contributed by atoms with Gasteiger partial charge in [-0.05, 0) is 12.5 Å². The lowest BCUT2D eigenvalue weighted by molar-refractivity contribution is 0.552. The average Bonchev–Trinajstić information content (AvgIpc) is 2.41. The molecule has 1 radical (unpaired) electrons. The molecule has 55 valence electrons. The fraction of sp³-hybridized carbons (Fsp3) is 0.625. The van der Waals surface area contributed by atoms with Crippen molar-refractivity contribution in [3.05, 3.63) is 18.5 Å². The molecule has 1 rings (SSSR count). The lowest BCUT2D eigenvalue weighted by Gasteiger charge is -1.97. The van der Waals surface area contributed by atoms with E-state index in [-0.39, 0.29) is 0 Å². The first-order valence-corrected chi connectivity index (χ1v) is 3.83. The summed E-state index contributed by atoms with van der Waals surface area (Å²) < 4.78 is 1.93. The van der Waals surface area contributed by atoms with E-state index in [0.717, 1.165) is 6.54 Å². The Morgan fingerprint density at radius 3 is 3.00 bits per heavy atom. The van der Waals surface area contributed by atoms with Gasteiger partial charge in [0, 0.05) is 12.7 Å². The van der Waals surface area contributed by atoms with Gasteiger partial charge in [0.1, 0.15) is 6.20 Å². The van der Waals surface area contributed by atoms with Gasteiger partial charge in [0.05, 0.1) is 0 Å². The molecule has 0 atom stereocenters. The molecular formula is C8H13N2. The zero-order chi connectivity index (χ0) is 7.23. The molecule has 0 aliphatic rings. The molecule has 0 spiro atoms. The SMILES string of the molecule is CCCCCn1cc[c]n1. The van der Waals surface area contributed by atoms with E-state index in [2.05, 4.69) is 18.2 Å². The van der Waals surface area contributed by atoms with Crippen LogP contribution in [0.5, 0.6) is 0 Å². The molecule has 0 aromatic carbocycles. The minimum Gasteiger partial charge on any atom is -0.272 e. The van der Waals surface area contributed by atoms with Gasteiger partial charge in [-0.25, -0.2) is 0 Å². The van der Waals surface area contributed by atoms with Crippen LogP contribution in [0.4, 0.5) is 0 Å². The van der Waals surface area contributed by atoms with Crippen LogP contribution in [0.2, 0.25) is 0 Å². The van der Waals surface area contributed by atoms with Gasteiger partial charge >= 0.3 is 0 Å². The van der Waals surface area contributed by atoms with Crippen LogP contribution in [0.1, 0.15) is 26.2 Å². The van der Waals surface area contributed by atoms with Crippen LogP contribution in [0.25, 0.3) is 0 Å². The summed E-state index contributed by atoms with van der Waals surface area (Å²) in [6.07, 6.45) is 8.51. The van der Waals surface area contributed by atoms with Crippen LogP contribution >= 0.6 is 0 Å². The van der Waals surface area contributed by atoms with Crippen LogP contribution in [0, 0.1) is 6.20 Å². The summed E-state index contributed by atoms with van der Waals surface area (Å²) in [6.45, 7) is 3.24. The third-order valence-corrected chi connectivity index (χ3v) is 1.50. The van der Waals surface area contributed by atoms with E-state index in [0.29, 0.717) is 0 Å². The second kappa shape index (κ2) is 4.09. The zero-order valence-corrected chi connectivity index (χ0v) is 6.38. The minimum atomic E-state index is 1.04. The number of hydrogen-bond donors (Lipinski definition) is 0. The summed E-state index contributed by atoms with van der Waals surface area (Å²) in [5.41, 5.74) is 0. The van der Waals surface area contributed by atoms with E-state index in [9.17, 15) is 0 Å². The predicted octanol–water partition coefficient (Wildman–Crippen LogP) is 1.87. The maximum absolute atomic E-state index is 3.98. The summed E-state index contributed by atoms with van der Waals surface area (Å²) in [5.74, 6) is 0. The highest BCUT2D eigenvalue weighted by Crippen LogP contribution is 1.96. The normalized spacial score (nSPS) is 10.1. The van der Waals surface area contributed by atoms with Crippen LogP contribution in [0.15, 0.2) is 12.3 Å². The van der Waals surface area contributed by atoms with Gasteiger partial charge < -0.3 is 0 Å². The van der Waals surface area contributed by atoms with E-state index >= 15 is 0 Å². The Labute approximate surface area is 61.9 Å². The molecule has 0 saturated carbocycles. The largest absolute Gasteiger partial charge is 0.272 e. The summed E-state index contributed by atoms with van der Waals surface area (Å²) in [5, 5.41) is 3.98. The number of aromatic nitrogens is 2. The second-order valence-corrected chi connectivity index (χ2v) is 2.42. The molecular weight excluding hydrogens is 124 g/mol. The van der Waals surface area contributed by atoms with Crippen molar-refractivity contribution in [1.82, 2.24) is 9.78 Å². The average molecular weight is 137 g/mol. The Morgan fingerprint density at radius 1 is 1.50 bits per heavy atom. The van der Waals surface area contributed by atoms with E-state index in [1.165, 1.54) is 19.3 Å². The smallest absolute Gasteiger partial charge is 0.113 e. The first-order chi connectivity index (χ1) is 4.93. The minimum absolute atomic E-state index is 1.04. The quantitative estimate of drug-likeness (QED) is 0.579. The Morgan fingerprint density at radius 2 is 2.40 bits per heavy atom. The van der Waals surface area contributed by atoms with Crippen LogP contribution in [0.3, 0.4) is 0 Å². The van der Waals surface area contributed by atoms with Crippen molar-refractivity contribution in [2.75, 3.05) is 0 Å². The maximum Gasteiger partial charge on any atom is 0.113 e. The molecule has 1 heterocycles. The number of rotatable bonds is 4. The third-order valence-electron chi connectivity index (χ3n) is 1.50. The molecule has 10 heavy (non-hydrogen) atoms. The zero-order valence-electron chi connectivity index (χ0n) is 6.38. The summed E-state index contributed by atoms with van der Waals surface area (Å²) in [4.78, 5) is 0. The van der Waals surface area contributed by atoms with Gasteiger partial charge in [-0.1, -0.05) is 19.8 Å². The molecule has 2 heteroatoms. The molecule has 0 bridgehead atoms. The molecule has 0 fully saturated rings. The fourth-order valence-corrected chi connectivity index (χ4v) is 0.909. The molecule has 0 amide bonds. The van der Waals surface area contributed by atoms with Crippen molar-refractivity contribution in [1.29, 1.82) is 0 Å². The van der Waals surface area contributed by atoms with Crippen LogP contribution < -0.4 is 0 Å². The van der Waals surface area contributed by atoms with Gasteiger partial charge in [0.2, 0.25) is 0 Å². The van der Waals surface area contributed by atoms with Crippen LogP contribution in [-0.4, -0.2) is 9.78 Å². The van der Waals surface area contributed by atoms with Gasteiger partial charge in [0.15, 0.2) is 0 Å². The molecule has 0 unspecified atom stereocenters. The lowest BCUT2D eigenvalue weighted by Crippen LogP contribution is -1.97. The topological polar surface area (TPSA) is 17.8 Å². The first kappa shape index (κ1) is 7.32. The van der Waals surface area contributed by atoms with Crippen molar-refractivity contribution in [2.45, 2.75) is 32.7 Å². The van der Waals surface area contributed by atoms with Crippen molar-refractivity contribution in [2.24, 2.45) is 0 Å². The van der Waals surface area contributed by atoms with Gasteiger partial charge in [0.25, 0.3) is 0 Å². The van der Waals surface area contributed by atoms with E-state index in [1.807, 2.05) is 16.9 Å². The maximum atomic E-state index is 3.98. The van der Waals surface area contributed by atoms with E-state index in [4.69, 9.17) is 0 Å². The highest BCUT2D eigenvalue weighted by molar-refractivity contribution is 4.75. The lowest BCUT2D eigenvalue weighted by atomic mass is 10.2. The van der Waals surface area contributed by atoms with E-state index < -0.39 is 0 Å². The third kappa shape index (κ3) is 2.21. The number of aryl methyl sites for hydroxylation is 1. The molecule has 1 aromatic heterocycles. The van der Waals surface area contributed by atoms with Gasteiger partial charge in [-0.15, -0.1) is 0 Å². The Kier molecular flexibility index (Phi) is 3.00. The molecule has 1 aromatic rings. The summed E-state index contributed by atoms with van der Waals surface area (Å²) >= 11 is 0. The number of nitrogens with zero attached hydrogens (tertiary/aromatic N) is 2. The van der Waals surface area contributed by atoms with Crippen molar-refractivity contribution in [3.8, 4) is 0 Å². The van der Waals surface area contributed by atoms with Gasteiger partial charge in [-0.3, -0.25) is 4.68 Å². The van der Waals surface area contributed by atoms with Crippen molar-refractivity contribution >= 4 is 0 Å². The summed E-state index contributed by atoms with van der Waals surface area (Å²) in [6, 6.07) is 1.84. The Balaban J connectivity index is 2.15. The molecule has 0 aliphatic heterocycles. The predicted molar refractivity (Wildman–Crippen MR) is 40.6 cm³/mol. The Bertz CT molecular complexity index is 156. The fourth-order valence-electron chi connectivity index (χ4n) is 0.909. The van der Waals surface area contributed by atoms with E-state index in [1.54, 1.807) is 0 Å². The Hall–Kier alpha value is -0.790. The van der Waals surface area contributed by atoms with Crippen molar-refractivity contribution < 1.29 is 0 Å². The number of unbranched alkanes of at least 4 members (excludes halogenated alkanes) is 2. The highest BCUT2D eigenvalue weighted by atomic mass is 15.3. The first-order valence-electron chi connectivity index (χ1n) is 3.83. The monoisotopic (exact) mass is 137 g/mol. The molecule has 2 nitrogen and oxygen atoms in total. The van der Waals surface area contributed by atoms with Crippen molar-refractivity contribution in [3.63, 3.8) is 0 Å². The summed E-state index contributed by atoms with van der Waals surface area (Å²) in [7, 11) is 0. The molecule has 0 N–H and O–H groups in total. The van der Waals surface area contributed by atoms with Crippen LogP contribution in [-0.2, 0) is 6.54 Å². The number of hydrogen-bond acceptors (Lipinski definition) is 1.